The van der Waals surface area contributed by atoms with Crippen LogP contribution in [-0.4, -0.2) is 11.9 Å². The largest absolute Gasteiger partial charge is 0.287 e. The van der Waals surface area contributed by atoms with Gasteiger partial charge < -0.3 is 0 Å². The van der Waals surface area contributed by atoms with Crippen molar-refractivity contribution in [1.29, 1.82) is 0 Å². The van der Waals surface area contributed by atoms with Gasteiger partial charge in [-0.05, 0) is 22.0 Å². The molecule has 326 valence electrons. The maximum Gasteiger partial charge on any atom is 0.248 e. The van der Waals surface area contributed by atoms with E-state index in [1.807, 2.05) is 53.2 Å². The number of hydrogen-bond acceptors (Lipinski definition) is 1. The Morgan fingerprint density at radius 1 is 0.387 bits per heavy atom. The first-order chi connectivity index (χ1) is 28.9. The molecule has 6 aromatic rings. The zero-order valence-corrected chi connectivity index (χ0v) is 32.2. The van der Waals surface area contributed by atoms with Crippen LogP contribution in [0.15, 0.2) is 57.7 Å². The molecule has 1 aromatic heterocycles. The van der Waals surface area contributed by atoms with Crippen molar-refractivity contribution in [2.75, 3.05) is 0 Å². The third kappa shape index (κ3) is 7.59. The molecule has 0 aliphatic carbocycles. The quantitative estimate of drug-likeness (QED) is 0.0298. The molecular weight excluding hydrogens is 1020 g/mol. The zero-order valence-electron chi connectivity index (χ0n) is 29.1. The average Bonchev–Trinajstić information content (AvgIpc) is 3.25. The van der Waals surface area contributed by atoms with E-state index in [9.17, 15) is 57.5 Å². The minimum absolute atomic E-state index is 0.0920. The van der Waals surface area contributed by atoms with Crippen molar-refractivity contribution >= 4 is 65.6 Å². The molecule has 0 amide bonds. The molecule has 5 aromatic carbocycles. The first-order valence-corrected chi connectivity index (χ1v) is 17.6. The molecule has 0 saturated heterocycles. The standard InChI is InChI=1S/C24BF20.C13H10Br2NO/c26-5-1(6(27)14(35)21(42)13(5)34)25(2-7(28)15(36)22(43)16(37)8(2)29,3-9(30)17(38)23(44)18(39)10(3)31)4-11(32)19(40)24(45)20(41)12(4)33;14-11-6-7-13(15)16(8-11)9-12(17)10-4-2-1-3-5-10/h;1-8H,9H2/q-1;+1. The first-order valence-electron chi connectivity index (χ1n) is 16.0. The highest BCUT2D eigenvalue weighted by Gasteiger charge is 2.52. The van der Waals surface area contributed by atoms with Gasteiger partial charge in [-0.2, -0.15) is 4.57 Å². The fourth-order valence-corrected chi connectivity index (χ4v) is 7.10. The van der Waals surface area contributed by atoms with E-state index in [0.717, 1.165) is 14.6 Å². The number of halogens is 22. The number of carbonyl (C=O) groups is 1. The fraction of sp³-hybridized carbons (Fsp3) is 0.0270. The van der Waals surface area contributed by atoms with E-state index in [0.29, 0.717) is 6.54 Å². The van der Waals surface area contributed by atoms with Crippen LogP contribution >= 0.6 is 31.9 Å². The molecule has 0 spiro atoms. The van der Waals surface area contributed by atoms with Crippen molar-refractivity contribution in [2.24, 2.45) is 0 Å². The number of benzene rings is 5. The van der Waals surface area contributed by atoms with Crippen molar-refractivity contribution < 1.29 is 97.2 Å². The van der Waals surface area contributed by atoms with Gasteiger partial charge in [0.2, 0.25) is 16.9 Å². The van der Waals surface area contributed by atoms with Gasteiger partial charge in [0, 0.05) is 27.6 Å². The van der Waals surface area contributed by atoms with E-state index in [2.05, 4.69) is 31.9 Å². The Morgan fingerprint density at radius 2 is 0.645 bits per heavy atom. The van der Waals surface area contributed by atoms with Crippen LogP contribution in [0.1, 0.15) is 10.4 Å². The van der Waals surface area contributed by atoms with E-state index in [1.165, 1.54) is 0 Å². The van der Waals surface area contributed by atoms with Crippen LogP contribution in [0.25, 0.3) is 0 Å². The second-order valence-electron chi connectivity index (χ2n) is 12.4. The normalized spacial score (nSPS) is 11.5. The molecule has 0 radical (unpaired) electrons. The molecule has 25 heteroatoms. The van der Waals surface area contributed by atoms with Crippen LogP contribution in [-0.2, 0) is 6.54 Å². The van der Waals surface area contributed by atoms with Crippen LogP contribution in [0.5, 0.6) is 0 Å². The monoisotopic (exact) mass is 1030 g/mol. The second-order valence-corrected chi connectivity index (χ2v) is 14.1. The van der Waals surface area contributed by atoms with E-state index in [1.54, 1.807) is 0 Å². The molecule has 0 aliphatic heterocycles. The minimum atomic E-state index is -7.22. The van der Waals surface area contributed by atoms with Gasteiger partial charge in [-0.15, -0.1) is 21.9 Å². The molecule has 0 saturated carbocycles. The molecule has 6 rings (SSSR count). The Labute approximate surface area is 348 Å². The van der Waals surface area contributed by atoms with Gasteiger partial charge in [-0.25, -0.2) is 87.8 Å². The Bertz CT molecular complexity index is 2450. The predicted molar refractivity (Wildman–Crippen MR) is 182 cm³/mol. The molecule has 0 atom stereocenters. The van der Waals surface area contributed by atoms with E-state index in [4.69, 9.17) is 0 Å². The maximum absolute atomic E-state index is 15.4. The molecule has 0 unspecified atom stereocenters. The summed E-state index contributed by atoms with van der Waals surface area (Å²) >= 11 is 6.81. The first kappa shape index (κ1) is 47.6. The Kier molecular flexibility index (Phi) is 13.6. The zero-order chi connectivity index (χ0) is 46.6. The number of Topliss-reactive ketones (excluding diaryl/α,β-unsaturated/α-hetero) is 1. The molecule has 0 aliphatic rings. The number of carbonyl (C=O) groups excluding carboxylic acids is 1. The van der Waals surface area contributed by atoms with E-state index < -0.39 is 144 Å². The Hall–Kier alpha value is -5.46. The molecule has 0 N–H and O–H groups in total. The lowest BCUT2D eigenvalue weighted by molar-refractivity contribution is -0.694. The summed E-state index contributed by atoms with van der Waals surface area (Å²) in [5, 5.41) is 0. The lowest BCUT2D eigenvalue weighted by Crippen LogP contribution is -2.81. The lowest BCUT2D eigenvalue weighted by atomic mass is 9.12. The van der Waals surface area contributed by atoms with Crippen LogP contribution in [0.2, 0.25) is 0 Å². The molecule has 0 bridgehead atoms. The van der Waals surface area contributed by atoms with Gasteiger partial charge in [0.05, 0.1) is 4.47 Å². The summed E-state index contributed by atoms with van der Waals surface area (Å²) in [4.78, 5) is 12.0. The molecular formula is C37H10BBr2F20NO. The third-order valence-electron chi connectivity index (χ3n) is 9.05. The highest BCUT2D eigenvalue weighted by Crippen LogP contribution is 2.31. The van der Waals surface area contributed by atoms with Crippen LogP contribution in [0.4, 0.5) is 87.8 Å². The Balaban J connectivity index is 0.000000355. The summed E-state index contributed by atoms with van der Waals surface area (Å²) in [6.07, 6.45) is -5.34. The summed E-state index contributed by atoms with van der Waals surface area (Å²) in [6, 6.07) is 13.1. The number of aromatic nitrogens is 1. The number of pyridine rings is 1. The van der Waals surface area contributed by atoms with Gasteiger partial charge in [-0.1, -0.05) is 30.3 Å². The number of rotatable bonds is 7. The molecule has 0 fully saturated rings. The average molecular weight is 1040 g/mol. The molecule has 1 heterocycles. The number of hydrogen-bond donors (Lipinski definition) is 0. The fourth-order valence-electron chi connectivity index (χ4n) is 6.36. The summed E-state index contributed by atoms with van der Waals surface area (Å²) < 4.78 is 298. The molecule has 62 heavy (non-hydrogen) atoms. The Morgan fingerprint density at radius 3 is 0.919 bits per heavy atom. The van der Waals surface area contributed by atoms with Crippen molar-refractivity contribution in [3.63, 3.8) is 0 Å². The van der Waals surface area contributed by atoms with Crippen molar-refractivity contribution in [3.05, 3.63) is 180 Å². The SMILES string of the molecule is Fc1c(F)c(F)c([B-](c2c(F)c(F)c(F)c(F)c2F)(c2c(F)c(F)c(F)c(F)c2F)c2c(F)c(F)c(F)c(F)c2F)c(F)c1F.O=C(C[n+]1cc(Br)ccc1Br)c1ccccc1. The number of ketones is 1. The van der Waals surface area contributed by atoms with Crippen molar-refractivity contribution in [3.8, 4) is 0 Å². The van der Waals surface area contributed by atoms with E-state index in [-0.39, 0.29) is 5.78 Å². The third-order valence-corrected chi connectivity index (χ3v) is 10.2. The summed E-state index contributed by atoms with van der Waals surface area (Å²) in [7, 11) is 0. The van der Waals surface area contributed by atoms with Crippen molar-refractivity contribution in [1.82, 2.24) is 0 Å². The summed E-state index contributed by atoms with van der Waals surface area (Å²) in [5.74, 6) is -71.3. The van der Waals surface area contributed by atoms with Gasteiger partial charge >= 0.3 is 0 Å². The molecule has 2 nitrogen and oxygen atoms in total. The van der Waals surface area contributed by atoms with Crippen LogP contribution in [0, 0.1) is 116 Å². The van der Waals surface area contributed by atoms with Crippen molar-refractivity contribution in [2.45, 2.75) is 6.54 Å². The van der Waals surface area contributed by atoms with Gasteiger partial charge in [-0.3, -0.25) is 4.79 Å². The maximum atomic E-state index is 15.4. The predicted octanol–water partition coefficient (Wildman–Crippen LogP) is 9.23. The van der Waals surface area contributed by atoms with Crippen LogP contribution in [0.3, 0.4) is 0 Å². The lowest BCUT2D eigenvalue weighted by Gasteiger charge is -2.44. The van der Waals surface area contributed by atoms with Gasteiger partial charge in [0.25, 0.3) is 0 Å². The highest BCUT2D eigenvalue weighted by atomic mass is 79.9. The summed E-state index contributed by atoms with van der Waals surface area (Å²) in [5.41, 5.74) is -13.6. The summed E-state index contributed by atoms with van der Waals surface area (Å²) in [6.45, 7) is 0.323. The van der Waals surface area contributed by atoms with E-state index >= 15 is 35.1 Å². The topological polar surface area (TPSA) is 20.9 Å². The smallest absolute Gasteiger partial charge is 0.248 e. The van der Waals surface area contributed by atoms with Gasteiger partial charge in [0.1, 0.15) is 52.7 Å². The van der Waals surface area contributed by atoms with Crippen LogP contribution < -0.4 is 26.4 Å². The number of nitrogens with zero attached hydrogens (tertiary/aromatic N) is 1. The highest BCUT2D eigenvalue weighted by molar-refractivity contribution is 9.10. The second kappa shape index (κ2) is 17.7. The minimum Gasteiger partial charge on any atom is -0.287 e. The van der Waals surface area contributed by atoms with Gasteiger partial charge in [0.15, 0.2) is 76.0 Å².